The molecule has 0 radical (unpaired) electrons. The van der Waals surface area contributed by atoms with Crippen LogP contribution in [0.15, 0.2) is 12.2 Å². The van der Waals surface area contributed by atoms with Crippen molar-refractivity contribution in [3.05, 3.63) is 12.2 Å². The SMILES string of the molecule is C/C=C\C(=O)N(C=O)CCOCCC(=O)NC(C)C(C)C. The number of ether oxygens (including phenoxy) is 1. The summed E-state index contributed by atoms with van der Waals surface area (Å²) < 4.78 is 5.27. The molecule has 0 heterocycles. The number of allylic oxidation sites excluding steroid dienone is 1. The van der Waals surface area contributed by atoms with Crippen LogP contribution in [0.25, 0.3) is 0 Å². The molecule has 0 aromatic carbocycles. The lowest BCUT2D eigenvalue weighted by molar-refractivity contribution is -0.135. The van der Waals surface area contributed by atoms with Gasteiger partial charge in [0.15, 0.2) is 0 Å². The number of nitrogens with zero attached hydrogens (tertiary/aromatic N) is 1. The van der Waals surface area contributed by atoms with Crippen molar-refractivity contribution in [2.75, 3.05) is 19.8 Å². The molecule has 0 saturated heterocycles. The predicted molar refractivity (Wildman–Crippen MR) is 80.5 cm³/mol. The van der Waals surface area contributed by atoms with Crippen LogP contribution in [0.1, 0.15) is 34.1 Å². The molecule has 6 nitrogen and oxygen atoms in total. The summed E-state index contributed by atoms with van der Waals surface area (Å²) in [5.74, 6) is -0.0540. The number of nitrogens with one attached hydrogen (secondary N) is 1. The second-order valence-corrected chi connectivity index (χ2v) is 5.10. The molecule has 0 spiro atoms. The van der Waals surface area contributed by atoms with E-state index in [4.69, 9.17) is 4.74 Å². The largest absolute Gasteiger partial charge is 0.379 e. The Morgan fingerprint density at radius 3 is 2.43 bits per heavy atom. The fourth-order valence-electron chi connectivity index (χ4n) is 1.38. The lowest BCUT2D eigenvalue weighted by atomic mass is 10.1. The quantitative estimate of drug-likeness (QED) is 0.372. The molecule has 1 unspecified atom stereocenters. The summed E-state index contributed by atoms with van der Waals surface area (Å²) in [5, 5.41) is 2.88. The summed E-state index contributed by atoms with van der Waals surface area (Å²) in [4.78, 5) is 34.8. The van der Waals surface area contributed by atoms with Gasteiger partial charge in [-0.2, -0.15) is 0 Å². The van der Waals surface area contributed by atoms with E-state index in [1.807, 2.05) is 20.8 Å². The Balaban J connectivity index is 3.83. The van der Waals surface area contributed by atoms with Gasteiger partial charge in [0.1, 0.15) is 0 Å². The molecular formula is C15H26N2O4. The Labute approximate surface area is 126 Å². The molecule has 120 valence electrons. The minimum absolute atomic E-state index is 0.0616. The first-order chi connectivity index (χ1) is 9.92. The topological polar surface area (TPSA) is 75.7 Å². The standard InChI is InChI=1S/C15H26N2O4/c1-5-6-15(20)17(11-18)8-10-21-9-7-14(19)16-13(4)12(2)3/h5-6,11-13H,7-10H2,1-4H3,(H,16,19)/b6-5-. The van der Waals surface area contributed by atoms with E-state index in [0.717, 1.165) is 4.90 Å². The van der Waals surface area contributed by atoms with E-state index >= 15 is 0 Å². The van der Waals surface area contributed by atoms with Crippen molar-refractivity contribution in [3.8, 4) is 0 Å². The van der Waals surface area contributed by atoms with Gasteiger partial charge in [0.25, 0.3) is 5.91 Å². The van der Waals surface area contributed by atoms with Crippen molar-refractivity contribution >= 4 is 18.2 Å². The van der Waals surface area contributed by atoms with Gasteiger partial charge in [-0.15, -0.1) is 0 Å². The maximum Gasteiger partial charge on any atom is 0.252 e. The number of rotatable bonds is 10. The van der Waals surface area contributed by atoms with Gasteiger partial charge in [0, 0.05) is 12.5 Å². The molecule has 0 aliphatic heterocycles. The van der Waals surface area contributed by atoms with Crippen LogP contribution in [0, 0.1) is 5.92 Å². The van der Waals surface area contributed by atoms with E-state index < -0.39 is 0 Å². The predicted octanol–water partition coefficient (Wildman–Crippen LogP) is 1.11. The van der Waals surface area contributed by atoms with Gasteiger partial charge < -0.3 is 10.1 Å². The normalized spacial score (nSPS) is 12.4. The molecule has 0 aliphatic carbocycles. The van der Waals surface area contributed by atoms with Gasteiger partial charge >= 0.3 is 0 Å². The molecule has 1 atom stereocenters. The van der Waals surface area contributed by atoms with Gasteiger partial charge in [-0.25, -0.2) is 0 Å². The molecule has 1 N–H and O–H groups in total. The van der Waals surface area contributed by atoms with E-state index in [1.165, 1.54) is 6.08 Å². The summed E-state index contributed by atoms with van der Waals surface area (Å²) in [6.07, 6.45) is 3.62. The van der Waals surface area contributed by atoms with Crippen LogP contribution in [0.2, 0.25) is 0 Å². The summed E-state index contributed by atoms with van der Waals surface area (Å²) >= 11 is 0. The van der Waals surface area contributed by atoms with Crippen molar-refractivity contribution in [1.29, 1.82) is 0 Å². The highest BCUT2D eigenvalue weighted by Crippen LogP contribution is 2.00. The van der Waals surface area contributed by atoms with E-state index in [2.05, 4.69) is 5.32 Å². The monoisotopic (exact) mass is 298 g/mol. The number of amides is 3. The summed E-state index contributed by atoms with van der Waals surface area (Å²) in [5.41, 5.74) is 0. The second-order valence-electron chi connectivity index (χ2n) is 5.10. The lowest BCUT2D eigenvalue weighted by Gasteiger charge is -2.17. The smallest absolute Gasteiger partial charge is 0.252 e. The van der Waals surface area contributed by atoms with Gasteiger partial charge in [0.05, 0.1) is 19.8 Å². The van der Waals surface area contributed by atoms with Gasteiger partial charge in [-0.1, -0.05) is 19.9 Å². The van der Waals surface area contributed by atoms with Gasteiger partial charge in [-0.05, 0) is 25.8 Å². The minimum Gasteiger partial charge on any atom is -0.379 e. The molecule has 0 rings (SSSR count). The second kappa shape index (κ2) is 11.0. The third-order valence-electron chi connectivity index (χ3n) is 3.06. The minimum atomic E-state index is -0.375. The van der Waals surface area contributed by atoms with Crippen LogP contribution in [0.4, 0.5) is 0 Å². The van der Waals surface area contributed by atoms with Crippen LogP contribution in [-0.4, -0.2) is 48.9 Å². The Morgan fingerprint density at radius 1 is 1.24 bits per heavy atom. The molecule has 6 heteroatoms. The maximum atomic E-state index is 11.6. The van der Waals surface area contributed by atoms with Crippen molar-refractivity contribution in [2.24, 2.45) is 5.92 Å². The molecule has 0 aromatic heterocycles. The van der Waals surface area contributed by atoms with Crippen LogP contribution in [0.3, 0.4) is 0 Å². The fraction of sp³-hybridized carbons (Fsp3) is 0.667. The van der Waals surface area contributed by atoms with E-state index in [-0.39, 0.29) is 44.0 Å². The van der Waals surface area contributed by atoms with Gasteiger partial charge in [-0.3, -0.25) is 19.3 Å². The number of hydrogen-bond donors (Lipinski definition) is 1. The lowest BCUT2D eigenvalue weighted by Crippen LogP contribution is -2.36. The molecule has 0 saturated carbocycles. The third kappa shape index (κ3) is 8.96. The van der Waals surface area contributed by atoms with Crippen molar-refractivity contribution in [2.45, 2.75) is 40.2 Å². The van der Waals surface area contributed by atoms with E-state index in [1.54, 1.807) is 13.0 Å². The molecule has 0 aliphatic rings. The van der Waals surface area contributed by atoms with Crippen molar-refractivity contribution in [3.63, 3.8) is 0 Å². The summed E-state index contributed by atoms with van der Waals surface area (Å²) in [7, 11) is 0. The van der Waals surface area contributed by atoms with Crippen LogP contribution in [0.5, 0.6) is 0 Å². The van der Waals surface area contributed by atoms with Crippen LogP contribution in [-0.2, 0) is 19.1 Å². The van der Waals surface area contributed by atoms with Crippen molar-refractivity contribution in [1.82, 2.24) is 10.2 Å². The van der Waals surface area contributed by atoms with Crippen LogP contribution >= 0.6 is 0 Å². The van der Waals surface area contributed by atoms with Gasteiger partial charge in [0.2, 0.25) is 12.3 Å². The Kier molecular flexibility index (Phi) is 10.1. The van der Waals surface area contributed by atoms with Crippen LogP contribution < -0.4 is 5.32 Å². The zero-order chi connectivity index (χ0) is 16.3. The summed E-state index contributed by atoms with van der Waals surface area (Å²) in [6.45, 7) is 8.40. The maximum absolute atomic E-state index is 11.6. The Morgan fingerprint density at radius 2 is 1.90 bits per heavy atom. The molecule has 0 aromatic rings. The molecule has 0 fully saturated rings. The first kappa shape index (κ1) is 19.3. The fourth-order valence-corrected chi connectivity index (χ4v) is 1.38. The zero-order valence-corrected chi connectivity index (χ0v) is 13.3. The van der Waals surface area contributed by atoms with Crippen molar-refractivity contribution < 1.29 is 19.1 Å². The highest BCUT2D eigenvalue weighted by Gasteiger charge is 2.11. The highest BCUT2D eigenvalue weighted by molar-refractivity contribution is 5.94. The number of carbonyl (C=O) groups is 3. The molecular weight excluding hydrogens is 272 g/mol. The third-order valence-corrected chi connectivity index (χ3v) is 3.06. The average Bonchev–Trinajstić information content (AvgIpc) is 2.42. The number of hydrogen-bond acceptors (Lipinski definition) is 4. The van der Waals surface area contributed by atoms with E-state index in [9.17, 15) is 14.4 Å². The first-order valence-electron chi connectivity index (χ1n) is 7.18. The average molecular weight is 298 g/mol. The Bertz CT molecular complexity index is 367. The molecule has 3 amide bonds. The van der Waals surface area contributed by atoms with E-state index in [0.29, 0.717) is 12.3 Å². The molecule has 21 heavy (non-hydrogen) atoms. The zero-order valence-electron chi connectivity index (χ0n) is 13.3. The Hall–Kier alpha value is -1.69. The number of imide groups is 1. The summed E-state index contributed by atoms with van der Waals surface area (Å²) in [6, 6.07) is 0.126. The number of carbonyl (C=O) groups excluding carboxylic acids is 3. The molecule has 0 bridgehead atoms. The first-order valence-corrected chi connectivity index (χ1v) is 7.18. The highest BCUT2D eigenvalue weighted by atomic mass is 16.5.